The first-order chi connectivity index (χ1) is 8.09. The van der Waals surface area contributed by atoms with Crippen molar-refractivity contribution in [2.24, 2.45) is 11.8 Å². The smallest absolute Gasteiger partial charge is 0.306 e. The average Bonchev–Trinajstić information content (AvgIpc) is 2.28. The van der Waals surface area contributed by atoms with Crippen molar-refractivity contribution < 1.29 is 9.90 Å². The lowest BCUT2D eigenvalue weighted by Crippen LogP contribution is -2.33. The summed E-state index contributed by atoms with van der Waals surface area (Å²) in [6.07, 6.45) is 4.60. The Hall–Kier alpha value is -0.610. The van der Waals surface area contributed by atoms with Gasteiger partial charge in [0.1, 0.15) is 0 Å². The molecule has 4 heteroatoms. The van der Waals surface area contributed by atoms with Gasteiger partial charge >= 0.3 is 5.97 Å². The maximum atomic E-state index is 10.6. The molecular weight excluding hydrogens is 216 g/mol. The summed E-state index contributed by atoms with van der Waals surface area (Å²) in [5.74, 6) is -0.109. The van der Waals surface area contributed by atoms with Crippen LogP contribution in [0.15, 0.2) is 0 Å². The maximum absolute atomic E-state index is 10.6. The lowest BCUT2D eigenvalue weighted by Gasteiger charge is -2.29. The third kappa shape index (κ3) is 6.03. The molecule has 1 aliphatic heterocycles. The summed E-state index contributed by atoms with van der Waals surface area (Å²) in [6.45, 7) is 6.05. The number of nitrogens with zero attached hydrogens (tertiary/aromatic N) is 1. The molecular formula is C13H26N2O2. The first-order valence-electron chi connectivity index (χ1n) is 6.71. The van der Waals surface area contributed by atoms with Gasteiger partial charge in [0, 0.05) is 6.54 Å². The Morgan fingerprint density at radius 3 is 2.94 bits per heavy atom. The summed E-state index contributed by atoms with van der Waals surface area (Å²) < 4.78 is 0. The maximum Gasteiger partial charge on any atom is 0.306 e. The van der Waals surface area contributed by atoms with Gasteiger partial charge in [0.25, 0.3) is 0 Å². The Balaban J connectivity index is 1.98. The van der Waals surface area contributed by atoms with Gasteiger partial charge in [-0.05, 0) is 58.3 Å². The van der Waals surface area contributed by atoms with Crippen LogP contribution in [-0.4, -0.2) is 49.2 Å². The number of hydrogen-bond donors (Lipinski definition) is 2. The van der Waals surface area contributed by atoms with Crippen molar-refractivity contribution in [3.63, 3.8) is 0 Å². The van der Waals surface area contributed by atoms with Gasteiger partial charge in [-0.2, -0.15) is 0 Å². The van der Waals surface area contributed by atoms with E-state index in [2.05, 4.69) is 17.3 Å². The molecule has 0 aliphatic carbocycles. The minimum Gasteiger partial charge on any atom is -0.481 e. The summed E-state index contributed by atoms with van der Waals surface area (Å²) >= 11 is 0. The van der Waals surface area contributed by atoms with E-state index in [-0.39, 0.29) is 5.92 Å². The molecule has 1 aliphatic rings. The highest BCUT2D eigenvalue weighted by Gasteiger charge is 2.16. The number of carboxylic acids is 1. The highest BCUT2D eigenvalue weighted by molar-refractivity contribution is 5.69. The van der Waals surface area contributed by atoms with Gasteiger partial charge in [-0.3, -0.25) is 4.79 Å². The molecule has 17 heavy (non-hydrogen) atoms. The molecule has 0 aromatic rings. The fraction of sp³-hybridized carbons (Fsp3) is 0.923. The minimum absolute atomic E-state index is 0.233. The fourth-order valence-corrected chi connectivity index (χ4v) is 2.38. The molecule has 2 N–H and O–H groups in total. The lowest BCUT2D eigenvalue weighted by molar-refractivity contribution is -0.141. The van der Waals surface area contributed by atoms with Crippen molar-refractivity contribution in [1.82, 2.24) is 10.2 Å². The molecule has 0 aromatic carbocycles. The van der Waals surface area contributed by atoms with Crippen LogP contribution in [0, 0.1) is 11.8 Å². The van der Waals surface area contributed by atoms with Crippen LogP contribution in [0.4, 0.5) is 0 Å². The Morgan fingerprint density at radius 2 is 2.29 bits per heavy atom. The molecule has 2 unspecified atom stereocenters. The number of piperidine rings is 1. The quantitative estimate of drug-likeness (QED) is 0.663. The zero-order valence-electron chi connectivity index (χ0n) is 11.1. The largest absolute Gasteiger partial charge is 0.481 e. The van der Waals surface area contributed by atoms with E-state index >= 15 is 0 Å². The van der Waals surface area contributed by atoms with Crippen LogP contribution in [0.25, 0.3) is 0 Å². The summed E-state index contributed by atoms with van der Waals surface area (Å²) in [7, 11) is 2.19. The van der Waals surface area contributed by atoms with Crippen LogP contribution in [0.2, 0.25) is 0 Å². The summed E-state index contributed by atoms with van der Waals surface area (Å²) in [4.78, 5) is 13.0. The molecule has 0 spiro atoms. The van der Waals surface area contributed by atoms with Crippen LogP contribution in [0.3, 0.4) is 0 Å². The summed E-state index contributed by atoms with van der Waals surface area (Å²) in [6, 6.07) is 0. The third-order valence-corrected chi connectivity index (χ3v) is 3.63. The van der Waals surface area contributed by atoms with Crippen molar-refractivity contribution >= 4 is 5.97 Å². The first kappa shape index (κ1) is 14.5. The van der Waals surface area contributed by atoms with Crippen LogP contribution in [0.1, 0.15) is 32.6 Å². The predicted molar refractivity (Wildman–Crippen MR) is 69.1 cm³/mol. The number of carbonyl (C=O) groups is 1. The first-order valence-corrected chi connectivity index (χ1v) is 6.71. The van der Waals surface area contributed by atoms with E-state index in [0.29, 0.717) is 0 Å². The average molecular weight is 242 g/mol. The highest BCUT2D eigenvalue weighted by atomic mass is 16.4. The normalized spacial score (nSPS) is 23.5. The van der Waals surface area contributed by atoms with E-state index in [4.69, 9.17) is 5.11 Å². The second kappa shape index (κ2) is 7.67. The van der Waals surface area contributed by atoms with Gasteiger partial charge in [0.05, 0.1) is 5.92 Å². The zero-order chi connectivity index (χ0) is 12.7. The van der Waals surface area contributed by atoms with Crippen LogP contribution >= 0.6 is 0 Å². The van der Waals surface area contributed by atoms with Gasteiger partial charge in [0.2, 0.25) is 0 Å². The predicted octanol–water partition coefficient (Wildman–Crippen LogP) is 1.42. The second-order valence-electron chi connectivity index (χ2n) is 5.34. The highest BCUT2D eigenvalue weighted by Crippen LogP contribution is 2.17. The number of hydrogen-bond acceptors (Lipinski definition) is 3. The lowest BCUT2D eigenvalue weighted by atomic mass is 9.95. The molecule has 1 rings (SSSR count). The summed E-state index contributed by atoms with van der Waals surface area (Å²) in [5, 5.41) is 12.1. The van der Waals surface area contributed by atoms with Crippen LogP contribution < -0.4 is 5.32 Å². The molecule has 0 amide bonds. The number of nitrogens with one attached hydrogen (secondary N) is 1. The Bertz CT molecular complexity index is 233. The SMILES string of the molecule is CC(CCNCCC1CCCN(C)C1)C(=O)O. The Kier molecular flexibility index (Phi) is 6.52. The molecule has 1 fully saturated rings. The number of aliphatic carboxylic acids is 1. The molecule has 1 heterocycles. The van der Waals surface area contributed by atoms with Crippen molar-refractivity contribution in [3.05, 3.63) is 0 Å². The molecule has 0 bridgehead atoms. The van der Waals surface area contributed by atoms with Crippen LogP contribution in [-0.2, 0) is 4.79 Å². The second-order valence-corrected chi connectivity index (χ2v) is 5.34. The molecule has 100 valence electrons. The van der Waals surface area contributed by atoms with Crippen molar-refractivity contribution in [1.29, 1.82) is 0 Å². The fourth-order valence-electron chi connectivity index (χ4n) is 2.38. The Labute approximate surface area is 104 Å². The van der Waals surface area contributed by atoms with E-state index < -0.39 is 5.97 Å². The molecule has 0 radical (unpaired) electrons. The van der Waals surface area contributed by atoms with E-state index in [0.717, 1.165) is 25.4 Å². The number of carboxylic acid groups (broad SMARTS) is 1. The van der Waals surface area contributed by atoms with Crippen LogP contribution in [0.5, 0.6) is 0 Å². The molecule has 4 nitrogen and oxygen atoms in total. The van der Waals surface area contributed by atoms with Crippen molar-refractivity contribution in [2.75, 3.05) is 33.2 Å². The molecule has 0 saturated carbocycles. The molecule has 0 aromatic heterocycles. The van der Waals surface area contributed by atoms with Gasteiger partial charge < -0.3 is 15.3 Å². The third-order valence-electron chi connectivity index (χ3n) is 3.63. The number of rotatable bonds is 7. The molecule has 2 atom stereocenters. The van der Waals surface area contributed by atoms with E-state index in [9.17, 15) is 4.79 Å². The molecule has 1 saturated heterocycles. The topological polar surface area (TPSA) is 52.6 Å². The summed E-state index contributed by atoms with van der Waals surface area (Å²) in [5.41, 5.74) is 0. The standard InChI is InChI=1S/C13H26N2O2/c1-11(13(16)17)5-7-14-8-6-12-4-3-9-15(2)10-12/h11-12,14H,3-10H2,1-2H3,(H,16,17). The van der Waals surface area contributed by atoms with E-state index in [1.165, 1.54) is 32.4 Å². The van der Waals surface area contributed by atoms with E-state index in [1.807, 2.05) is 0 Å². The zero-order valence-corrected chi connectivity index (χ0v) is 11.1. The van der Waals surface area contributed by atoms with Crippen molar-refractivity contribution in [3.8, 4) is 0 Å². The van der Waals surface area contributed by atoms with E-state index in [1.54, 1.807) is 6.92 Å². The number of likely N-dealkylation sites (tertiary alicyclic amines) is 1. The van der Waals surface area contributed by atoms with Gasteiger partial charge in [0.15, 0.2) is 0 Å². The van der Waals surface area contributed by atoms with Crippen molar-refractivity contribution in [2.45, 2.75) is 32.6 Å². The minimum atomic E-state index is -0.694. The Morgan fingerprint density at radius 1 is 1.53 bits per heavy atom. The van der Waals surface area contributed by atoms with Gasteiger partial charge in [-0.25, -0.2) is 0 Å². The monoisotopic (exact) mass is 242 g/mol. The van der Waals surface area contributed by atoms with Gasteiger partial charge in [-0.1, -0.05) is 6.92 Å². The van der Waals surface area contributed by atoms with Gasteiger partial charge in [-0.15, -0.1) is 0 Å².